The molecule has 1 saturated carbocycles. The zero-order chi connectivity index (χ0) is 15.3. The van der Waals surface area contributed by atoms with E-state index in [0.717, 1.165) is 25.0 Å². The molecule has 0 heterocycles. The van der Waals surface area contributed by atoms with Crippen molar-refractivity contribution in [3.8, 4) is 6.07 Å². The van der Waals surface area contributed by atoms with Gasteiger partial charge in [-0.1, -0.05) is 0 Å². The lowest BCUT2D eigenvalue weighted by Gasteiger charge is -2.11. The third kappa shape index (κ3) is 4.94. The van der Waals surface area contributed by atoms with Crippen molar-refractivity contribution in [2.45, 2.75) is 25.4 Å². The first-order chi connectivity index (χ1) is 10.0. The van der Waals surface area contributed by atoms with Crippen molar-refractivity contribution in [3.05, 3.63) is 29.3 Å². The van der Waals surface area contributed by atoms with Crippen molar-refractivity contribution in [1.82, 2.24) is 0 Å². The maximum atomic E-state index is 12.6. The lowest BCUT2D eigenvalue weighted by Crippen LogP contribution is -2.10. The van der Waals surface area contributed by atoms with Crippen LogP contribution in [0.1, 0.15) is 30.4 Å². The topological polar surface area (TPSA) is 45.0 Å². The number of halogens is 3. The van der Waals surface area contributed by atoms with Gasteiger partial charge in [0.15, 0.2) is 0 Å². The Morgan fingerprint density at radius 3 is 2.71 bits per heavy atom. The standard InChI is InChI=1S/C15H17F3N2O/c16-15(17,18)14-5-4-13(8-12(14)9-19)20-6-1-7-21-10-11-2-3-11/h4-5,8,11,20H,1-3,6-7,10H2. The van der Waals surface area contributed by atoms with Gasteiger partial charge in [-0.05, 0) is 43.4 Å². The number of alkyl halides is 3. The van der Waals surface area contributed by atoms with Crippen molar-refractivity contribution in [1.29, 1.82) is 5.26 Å². The van der Waals surface area contributed by atoms with E-state index < -0.39 is 11.7 Å². The number of hydrogen-bond acceptors (Lipinski definition) is 3. The van der Waals surface area contributed by atoms with Crippen LogP contribution >= 0.6 is 0 Å². The highest BCUT2D eigenvalue weighted by Crippen LogP contribution is 2.33. The number of nitriles is 1. The van der Waals surface area contributed by atoms with Crippen LogP contribution in [0, 0.1) is 17.2 Å². The Morgan fingerprint density at radius 2 is 2.10 bits per heavy atom. The van der Waals surface area contributed by atoms with E-state index in [9.17, 15) is 13.2 Å². The molecule has 0 amide bonds. The van der Waals surface area contributed by atoms with Crippen LogP contribution in [0.15, 0.2) is 18.2 Å². The highest BCUT2D eigenvalue weighted by molar-refractivity contribution is 5.53. The van der Waals surface area contributed by atoms with Crippen LogP contribution in [-0.4, -0.2) is 19.8 Å². The van der Waals surface area contributed by atoms with Gasteiger partial charge < -0.3 is 10.1 Å². The molecule has 1 aliphatic rings. The fourth-order valence-corrected chi connectivity index (χ4v) is 1.94. The molecule has 2 rings (SSSR count). The second-order valence-corrected chi connectivity index (χ2v) is 5.17. The molecule has 0 radical (unpaired) electrons. The minimum atomic E-state index is -4.50. The predicted octanol–water partition coefficient (Wildman–Crippen LogP) is 3.81. The third-order valence-corrected chi connectivity index (χ3v) is 3.29. The molecule has 1 N–H and O–H groups in total. The molecule has 21 heavy (non-hydrogen) atoms. The highest BCUT2D eigenvalue weighted by Gasteiger charge is 2.33. The van der Waals surface area contributed by atoms with Crippen LogP contribution in [0.3, 0.4) is 0 Å². The summed E-state index contributed by atoms with van der Waals surface area (Å²) in [7, 11) is 0. The van der Waals surface area contributed by atoms with Gasteiger partial charge in [0.25, 0.3) is 0 Å². The van der Waals surface area contributed by atoms with Gasteiger partial charge in [-0.3, -0.25) is 0 Å². The van der Waals surface area contributed by atoms with E-state index >= 15 is 0 Å². The van der Waals surface area contributed by atoms with Gasteiger partial charge in [0.1, 0.15) is 0 Å². The molecule has 0 aromatic heterocycles. The predicted molar refractivity (Wildman–Crippen MR) is 72.8 cm³/mol. The van der Waals surface area contributed by atoms with E-state index in [1.807, 2.05) is 0 Å². The molecule has 6 heteroatoms. The van der Waals surface area contributed by atoms with Gasteiger partial charge in [-0.15, -0.1) is 0 Å². The zero-order valence-corrected chi connectivity index (χ0v) is 11.5. The third-order valence-electron chi connectivity index (χ3n) is 3.29. The lowest BCUT2D eigenvalue weighted by molar-refractivity contribution is -0.137. The van der Waals surface area contributed by atoms with Gasteiger partial charge in [0.05, 0.1) is 17.2 Å². The summed E-state index contributed by atoms with van der Waals surface area (Å²) in [5.74, 6) is 0.728. The van der Waals surface area contributed by atoms with Crippen LogP contribution in [0.4, 0.5) is 18.9 Å². The van der Waals surface area contributed by atoms with Crippen molar-refractivity contribution >= 4 is 5.69 Å². The monoisotopic (exact) mass is 298 g/mol. The molecule has 1 aromatic rings. The molecular formula is C15H17F3N2O. The smallest absolute Gasteiger partial charge is 0.385 e. The van der Waals surface area contributed by atoms with Gasteiger partial charge in [-0.25, -0.2) is 0 Å². The summed E-state index contributed by atoms with van der Waals surface area (Å²) in [5, 5.41) is 11.8. The maximum Gasteiger partial charge on any atom is 0.417 e. The van der Waals surface area contributed by atoms with Gasteiger partial charge >= 0.3 is 6.18 Å². The molecule has 114 valence electrons. The molecule has 0 spiro atoms. The summed E-state index contributed by atoms with van der Waals surface area (Å²) in [6.45, 7) is 2.04. The highest BCUT2D eigenvalue weighted by atomic mass is 19.4. The number of rotatable bonds is 7. The Labute approximate surface area is 121 Å². The molecule has 0 saturated heterocycles. The summed E-state index contributed by atoms with van der Waals surface area (Å²) in [4.78, 5) is 0. The number of nitrogens with one attached hydrogen (secondary N) is 1. The van der Waals surface area contributed by atoms with E-state index in [0.29, 0.717) is 18.8 Å². The maximum absolute atomic E-state index is 12.6. The van der Waals surface area contributed by atoms with Gasteiger partial charge in [-0.2, -0.15) is 18.4 Å². The van der Waals surface area contributed by atoms with E-state index in [-0.39, 0.29) is 5.56 Å². The first-order valence-electron chi connectivity index (χ1n) is 6.93. The van der Waals surface area contributed by atoms with Crippen molar-refractivity contribution in [2.75, 3.05) is 25.1 Å². The minimum absolute atomic E-state index is 0.363. The second-order valence-electron chi connectivity index (χ2n) is 5.17. The largest absolute Gasteiger partial charge is 0.417 e. The number of anilines is 1. The summed E-state index contributed by atoms with van der Waals surface area (Å²) >= 11 is 0. The van der Waals surface area contributed by atoms with Crippen molar-refractivity contribution < 1.29 is 17.9 Å². The van der Waals surface area contributed by atoms with Crippen LogP contribution in [0.2, 0.25) is 0 Å². The Morgan fingerprint density at radius 1 is 1.33 bits per heavy atom. The van der Waals surface area contributed by atoms with Crippen molar-refractivity contribution in [3.63, 3.8) is 0 Å². The minimum Gasteiger partial charge on any atom is -0.385 e. The van der Waals surface area contributed by atoms with Crippen LogP contribution in [-0.2, 0) is 10.9 Å². The number of nitrogens with zero attached hydrogens (tertiary/aromatic N) is 1. The van der Waals surface area contributed by atoms with Crippen LogP contribution in [0.5, 0.6) is 0 Å². The molecule has 0 bridgehead atoms. The lowest BCUT2D eigenvalue weighted by atomic mass is 10.1. The molecule has 1 aliphatic carbocycles. The Kier molecular flexibility index (Phi) is 5.07. The van der Waals surface area contributed by atoms with Crippen LogP contribution < -0.4 is 5.32 Å². The Hall–Kier alpha value is -1.74. The van der Waals surface area contributed by atoms with E-state index in [1.54, 1.807) is 6.07 Å². The molecule has 0 atom stereocenters. The summed E-state index contributed by atoms with van der Waals surface area (Å²) in [6, 6.07) is 5.09. The van der Waals surface area contributed by atoms with Crippen molar-refractivity contribution in [2.24, 2.45) is 5.92 Å². The first-order valence-corrected chi connectivity index (χ1v) is 6.93. The molecule has 0 unspecified atom stereocenters. The van der Waals surface area contributed by atoms with E-state index in [1.165, 1.54) is 25.0 Å². The van der Waals surface area contributed by atoms with Gasteiger partial charge in [0.2, 0.25) is 0 Å². The molecule has 0 aliphatic heterocycles. The number of hydrogen-bond donors (Lipinski definition) is 1. The van der Waals surface area contributed by atoms with E-state index in [4.69, 9.17) is 10.00 Å². The van der Waals surface area contributed by atoms with E-state index in [2.05, 4.69) is 5.32 Å². The summed E-state index contributed by atoms with van der Waals surface area (Å²) < 4.78 is 43.4. The Balaban J connectivity index is 1.79. The molecular weight excluding hydrogens is 281 g/mol. The average molecular weight is 298 g/mol. The van der Waals surface area contributed by atoms with Crippen LogP contribution in [0.25, 0.3) is 0 Å². The average Bonchev–Trinajstić information content (AvgIpc) is 3.25. The van der Waals surface area contributed by atoms with Gasteiger partial charge in [0, 0.05) is 25.4 Å². The Bertz CT molecular complexity index is 519. The number of benzene rings is 1. The quantitative estimate of drug-likeness (QED) is 0.779. The normalized spacial score (nSPS) is 14.8. The zero-order valence-electron chi connectivity index (χ0n) is 11.5. The molecule has 1 fully saturated rings. The molecule has 1 aromatic carbocycles. The molecule has 3 nitrogen and oxygen atoms in total. The number of ether oxygens (including phenoxy) is 1. The fourth-order valence-electron chi connectivity index (χ4n) is 1.94. The SMILES string of the molecule is N#Cc1cc(NCCCOCC2CC2)ccc1C(F)(F)F. The summed E-state index contributed by atoms with van der Waals surface area (Å²) in [6.07, 6.45) is -1.22. The fraction of sp³-hybridized carbons (Fsp3) is 0.533. The second kappa shape index (κ2) is 6.81. The first kappa shape index (κ1) is 15.6. The summed E-state index contributed by atoms with van der Waals surface area (Å²) in [5.41, 5.74) is -0.748.